The molecule has 28 heavy (non-hydrogen) atoms. The number of aryl methyl sites for hydroxylation is 1. The highest BCUT2D eigenvalue weighted by Gasteiger charge is 2.42. The summed E-state index contributed by atoms with van der Waals surface area (Å²) in [5, 5.41) is 0. The molecule has 148 valence electrons. The number of aromatic nitrogens is 2. The monoisotopic (exact) mass is 390 g/mol. The zero-order valence-corrected chi connectivity index (χ0v) is 15.5. The van der Waals surface area contributed by atoms with Crippen LogP contribution >= 0.6 is 0 Å². The van der Waals surface area contributed by atoms with Gasteiger partial charge >= 0.3 is 6.18 Å². The maximum atomic E-state index is 13.0. The lowest BCUT2D eigenvalue weighted by Gasteiger charge is -2.21. The zero-order valence-electron chi connectivity index (χ0n) is 15.5. The van der Waals surface area contributed by atoms with Crippen molar-refractivity contribution in [2.24, 2.45) is 11.8 Å². The molecule has 0 spiro atoms. The van der Waals surface area contributed by atoms with Crippen LogP contribution in [-0.2, 0) is 12.7 Å². The van der Waals surface area contributed by atoms with E-state index in [1.165, 1.54) is 12.5 Å². The summed E-state index contributed by atoms with van der Waals surface area (Å²) in [6, 6.07) is 11.0. The van der Waals surface area contributed by atoms with Crippen LogP contribution in [0.3, 0.4) is 0 Å². The summed E-state index contributed by atoms with van der Waals surface area (Å²) in [5.74, 6) is 0.196. The van der Waals surface area contributed by atoms with Crippen molar-refractivity contribution in [3.8, 4) is 0 Å². The number of carbonyl (C=O) groups is 1. The summed E-state index contributed by atoms with van der Waals surface area (Å²) in [5.41, 5.74) is 0.00395. The highest BCUT2D eigenvalue weighted by Crippen LogP contribution is 2.33. The molecule has 1 aromatic heterocycles. The number of benzene rings is 1. The second-order valence-electron chi connectivity index (χ2n) is 7.59. The van der Waals surface area contributed by atoms with Crippen molar-refractivity contribution in [2.45, 2.75) is 19.6 Å². The van der Waals surface area contributed by atoms with E-state index in [1.54, 1.807) is 4.90 Å². The van der Waals surface area contributed by atoms with Gasteiger partial charge in [0.05, 0.1) is 0 Å². The van der Waals surface area contributed by atoms with Gasteiger partial charge in [0.15, 0.2) is 0 Å². The molecule has 2 aliphatic heterocycles. The first-order valence-electron chi connectivity index (χ1n) is 9.28. The number of hydrogen-bond acceptors (Lipinski definition) is 4. The van der Waals surface area contributed by atoms with Crippen LogP contribution in [0.2, 0.25) is 0 Å². The van der Waals surface area contributed by atoms with Crippen molar-refractivity contribution in [1.82, 2.24) is 19.8 Å². The third kappa shape index (κ3) is 3.87. The Balaban J connectivity index is 1.41. The Morgan fingerprint density at radius 1 is 1.07 bits per heavy atom. The van der Waals surface area contributed by atoms with Crippen LogP contribution in [0.1, 0.15) is 27.6 Å². The van der Waals surface area contributed by atoms with Gasteiger partial charge in [-0.05, 0) is 24.3 Å². The van der Waals surface area contributed by atoms with E-state index in [0.29, 0.717) is 24.9 Å². The fourth-order valence-electron chi connectivity index (χ4n) is 4.21. The van der Waals surface area contributed by atoms with Gasteiger partial charge in [-0.3, -0.25) is 9.69 Å². The molecule has 2 atom stereocenters. The third-order valence-electron chi connectivity index (χ3n) is 5.45. The summed E-state index contributed by atoms with van der Waals surface area (Å²) in [6.07, 6.45) is -4.60. The number of hydrogen-bond donors (Lipinski definition) is 0. The summed E-state index contributed by atoms with van der Waals surface area (Å²) in [7, 11) is 0. The number of halogens is 3. The molecule has 0 N–H and O–H groups in total. The Morgan fingerprint density at radius 3 is 2.32 bits per heavy atom. The first-order chi connectivity index (χ1) is 13.3. The fraction of sp³-hybridized carbons (Fsp3) is 0.450. The van der Waals surface area contributed by atoms with E-state index < -0.39 is 17.8 Å². The van der Waals surface area contributed by atoms with E-state index in [4.69, 9.17) is 0 Å². The predicted molar refractivity (Wildman–Crippen MR) is 96.4 cm³/mol. The normalized spacial score (nSPS) is 22.5. The van der Waals surface area contributed by atoms with E-state index in [1.807, 2.05) is 18.2 Å². The van der Waals surface area contributed by atoms with E-state index in [2.05, 4.69) is 27.0 Å². The molecule has 2 fully saturated rings. The van der Waals surface area contributed by atoms with Crippen molar-refractivity contribution in [1.29, 1.82) is 0 Å². The van der Waals surface area contributed by atoms with Crippen molar-refractivity contribution < 1.29 is 18.0 Å². The number of rotatable bonds is 3. The summed E-state index contributed by atoms with van der Waals surface area (Å²) >= 11 is 0. The molecule has 1 amide bonds. The predicted octanol–water partition coefficient (Wildman–Crippen LogP) is 3.01. The van der Waals surface area contributed by atoms with Gasteiger partial charge in [0.2, 0.25) is 0 Å². The maximum Gasteiger partial charge on any atom is 0.433 e. The molecular weight excluding hydrogens is 369 g/mol. The fourth-order valence-corrected chi connectivity index (χ4v) is 4.21. The molecule has 0 radical (unpaired) electrons. The zero-order chi connectivity index (χ0) is 19.9. The topological polar surface area (TPSA) is 49.3 Å². The molecule has 3 heterocycles. The van der Waals surface area contributed by atoms with Gasteiger partial charge < -0.3 is 4.90 Å². The van der Waals surface area contributed by atoms with E-state index >= 15 is 0 Å². The summed E-state index contributed by atoms with van der Waals surface area (Å²) in [4.78, 5) is 24.1. The van der Waals surface area contributed by atoms with Crippen LogP contribution in [-0.4, -0.2) is 51.9 Å². The van der Waals surface area contributed by atoms with Gasteiger partial charge in [-0.2, -0.15) is 13.2 Å². The molecule has 2 saturated heterocycles. The Labute approximate surface area is 161 Å². The molecule has 2 unspecified atom stereocenters. The number of alkyl halides is 3. The molecule has 0 bridgehead atoms. The first-order valence-corrected chi connectivity index (χ1v) is 9.28. The lowest BCUT2D eigenvalue weighted by molar-refractivity contribution is -0.141. The summed E-state index contributed by atoms with van der Waals surface area (Å²) < 4.78 is 38.9. The Kier molecular flexibility index (Phi) is 4.82. The van der Waals surface area contributed by atoms with Crippen molar-refractivity contribution in [3.05, 3.63) is 59.2 Å². The van der Waals surface area contributed by atoms with Crippen LogP contribution in [0.15, 0.2) is 36.4 Å². The maximum absolute atomic E-state index is 13.0. The summed E-state index contributed by atoms with van der Waals surface area (Å²) in [6.45, 7) is 5.13. The van der Waals surface area contributed by atoms with E-state index in [9.17, 15) is 18.0 Å². The van der Waals surface area contributed by atoms with Crippen LogP contribution in [0.5, 0.6) is 0 Å². The number of carbonyl (C=O) groups excluding carboxylic acids is 1. The quantitative estimate of drug-likeness (QED) is 0.809. The third-order valence-corrected chi connectivity index (χ3v) is 5.45. The van der Waals surface area contributed by atoms with Gasteiger partial charge in [-0.15, -0.1) is 0 Å². The number of amides is 1. The minimum Gasteiger partial charge on any atom is -0.337 e. The van der Waals surface area contributed by atoms with Gasteiger partial charge in [0, 0.05) is 38.8 Å². The molecule has 1 aromatic carbocycles. The highest BCUT2D eigenvalue weighted by atomic mass is 19.4. The lowest BCUT2D eigenvalue weighted by Crippen LogP contribution is -2.34. The van der Waals surface area contributed by atoms with Crippen LogP contribution in [0, 0.1) is 18.8 Å². The van der Waals surface area contributed by atoms with Crippen molar-refractivity contribution in [3.63, 3.8) is 0 Å². The second kappa shape index (κ2) is 7.16. The van der Waals surface area contributed by atoms with Gasteiger partial charge in [-0.25, -0.2) is 9.97 Å². The Hall–Kier alpha value is -2.48. The second-order valence-corrected chi connectivity index (χ2v) is 7.59. The average Bonchev–Trinajstić information content (AvgIpc) is 3.19. The number of fused-ring (bicyclic) bond motifs is 1. The van der Waals surface area contributed by atoms with Gasteiger partial charge in [0.25, 0.3) is 5.91 Å². The Bertz CT molecular complexity index is 857. The van der Waals surface area contributed by atoms with Gasteiger partial charge in [0.1, 0.15) is 17.2 Å². The van der Waals surface area contributed by atoms with E-state index in [-0.39, 0.29) is 11.5 Å². The van der Waals surface area contributed by atoms with E-state index in [0.717, 1.165) is 25.7 Å². The molecule has 0 saturated carbocycles. The molecule has 8 heteroatoms. The molecule has 2 aromatic rings. The Morgan fingerprint density at radius 2 is 1.71 bits per heavy atom. The number of likely N-dealkylation sites (tertiary alicyclic amines) is 2. The van der Waals surface area contributed by atoms with Crippen LogP contribution < -0.4 is 0 Å². The minimum absolute atomic E-state index is 0.0494. The molecule has 0 aliphatic carbocycles. The van der Waals surface area contributed by atoms with Gasteiger partial charge in [-0.1, -0.05) is 30.3 Å². The van der Waals surface area contributed by atoms with Crippen molar-refractivity contribution in [2.75, 3.05) is 26.2 Å². The molecule has 4 rings (SSSR count). The highest BCUT2D eigenvalue weighted by molar-refractivity contribution is 5.92. The smallest absolute Gasteiger partial charge is 0.337 e. The molecule has 5 nitrogen and oxygen atoms in total. The average molecular weight is 390 g/mol. The largest absolute Gasteiger partial charge is 0.433 e. The standard InChI is InChI=1S/C20H21F3N4O/c1-13-24-17(7-18(25-13)20(21,22)23)19(28)27-11-15-9-26(10-16(15)12-27)8-14-5-3-2-4-6-14/h2-7,15-16H,8-12H2,1H3. The minimum atomic E-state index is -4.60. The molecule has 2 aliphatic rings. The van der Waals surface area contributed by atoms with Crippen LogP contribution in [0.25, 0.3) is 0 Å². The van der Waals surface area contributed by atoms with Crippen molar-refractivity contribution >= 4 is 5.91 Å². The first kappa shape index (κ1) is 18.9. The molecular formula is C20H21F3N4O. The lowest BCUT2D eigenvalue weighted by atomic mass is 10.0. The number of nitrogens with zero attached hydrogens (tertiary/aromatic N) is 4. The SMILES string of the molecule is Cc1nc(C(=O)N2CC3CN(Cc4ccccc4)CC3C2)cc(C(F)(F)F)n1. The van der Waals surface area contributed by atoms with Crippen LogP contribution in [0.4, 0.5) is 13.2 Å².